The number of aliphatic hydroxyl groups is 2. The van der Waals surface area contributed by atoms with E-state index in [9.17, 15) is 142 Å². The number of phenols is 22. The van der Waals surface area contributed by atoms with Crippen molar-refractivity contribution in [3.05, 3.63) is 105 Å². The van der Waals surface area contributed by atoms with E-state index in [2.05, 4.69) is 0 Å². The number of benzene rings is 8. The molecule has 2 fully saturated rings. The molecule has 0 spiro atoms. The Morgan fingerprint density at radius 2 is 0.554 bits per heavy atom. The van der Waals surface area contributed by atoms with Crippen LogP contribution in [-0.2, 0) is 47.4 Å². The van der Waals surface area contributed by atoms with Gasteiger partial charge < -0.3 is 179 Å². The van der Waals surface area contributed by atoms with Crippen LogP contribution in [0.5, 0.6) is 149 Å². The third-order valence-corrected chi connectivity index (χ3v) is 17.7. The van der Waals surface area contributed by atoms with Gasteiger partial charge >= 0.3 is 47.8 Å². The predicted molar refractivity (Wildman–Crippen MR) is 344 cm³/mol. The summed E-state index contributed by atoms with van der Waals surface area (Å²) in [5.74, 6) is -56.4. The fourth-order valence-corrected chi connectivity index (χ4v) is 12.3. The smallest absolute Gasteiger partial charge is 0.342 e. The maximum Gasteiger partial charge on any atom is 0.342 e. The van der Waals surface area contributed by atoms with Crippen LogP contribution >= 0.6 is 0 Å². The van der Waals surface area contributed by atoms with Gasteiger partial charge in [-0.15, -0.1) is 0 Å². The molecule has 44 nitrogen and oxygen atoms in total. The monoisotopic (exact) mass is 1570 g/mol. The molecular formula is C68H48O44. The molecule has 6 aliphatic heterocycles. The Balaban J connectivity index is 1.06. The van der Waals surface area contributed by atoms with Gasteiger partial charge in [0, 0.05) is 46.5 Å². The van der Waals surface area contributed by atoms with E-state index in [1.165, 1.54) is 0 Å². The van der Waals surface area contributed by atoms with Crippen LogP contribution in [0, 0.1) is 0 Å². The molecule has 10 atom stereocenters. The zero-order chi connectivity index (χ0) is 81.3. The van der Waals surface area contributed by atoms with Gasteiger partial charge in [0.2, 0.25) is 46.0 Å². The van der Waals surface area contributed by atoms with Gasteiger partial charge in [0.1, 0.15) is 36.5 Å². The molecule has 0 radical (unpaired) electrons. The van der Waals surface area contributed by atoms with Crippen LogP contribution in [0.4, 0.5) is 0 Å². The number of hydrogen-bond donors (Lipinski definition) is 24. The standard InChI is InChI=1S/C68H48O44/c69-21-1-13(2-22(70)37(21)77)59(91)109-55-53-31-11-101-61(93)17-9-30(44(84)47(87)35(17)33-15(63(95)107-53)5-25(73)39(79)45(33)85)104-52-20(8-28(76)42(82)50(52)90)66(98)112-58-56(110-60(92)14-3-23(71)38(78)24(72)4-14)54-32(106-68(58)100)12-102-62(94)18-10-29(43(83)48(88)36(18)34-16(64(96)108-54)6-26(74)40(80)46(34)86)103-51-19(7-27(75)41(81)49(51)89)65(97)111-57(55)67(99)105-31/h1-10,31-32,53-58,67-90,99-100H,11-12H2/t31-,32-,53-,54-,55+,56+,57-,58-,67-,68+/m1/s1. The summed E-state index contributed by atoms with van der Waals surface area (Å²) in [5, 5.41) is 269. The minimum Gasteiger partial charge on any atom is -0.504 e. The van der Waals surface area contributed by atoms with Crippen molar-refractivity contribution in [1.29, 1.82) is 0 Å². The van der Waals surface area contributed by atoms with E-state index in [1.54, 1.807) is 0 Å². The molecule has 6 heterocycles. The van der Waals surface area contributed by atoms with Gasteiger partial charge in [0.05, 0.1) is 33.4 Å². The Morgan fingerprint density at radius 1 is 0.295 bits per heavy atom. The SMILES string of the molecule is O=C(O[C@@H]1[C@H]2OC(=O)c3cc(O)c(O)c(O)c3Oc3cc4c(c(O)c3O)-c3c(cc(O)c(O)c3O)C(=O)O[C@H]3[C@H](OC(=O)c5cc(O)c(O)c(O)c5)[C@@H](OC(=O)c5cc(O)c(O)c(O)c5Oc5cc6c(c(O)c5O)-c5c(cc(O)c(O)c5O)C(=O)O[C@@H]1[C@@H](COC6=O)O[C@H]2O)[C@@H](O)O[C@@H]3COC4=O)c1cc(O)c(O)c(O)c1. The number of carbonyl (C=O) groups is 8. The molecule has 10 bridgehead atoms. The Labute approximate surface area is 615 Å². The summed E-state index contributed by atoms with van der Waals surface area (Å²) in [6, 6.07) is 3.01. The number of esters is 8. The first-order chi connectivity index (χ1) is 52.8. The van der Waals surface area contributed by atoms with Gasteiger partial charge in [0.25, 0.3) is 0 Å². The third-order valence-electron chi connectivity index (χ3n) is 17.7. The lowest BCUT2D eigenvalue weighted by atomic mass is 9.91. The highest BCUT2D eigenvalue weighted by Gasteiger charge is 2.56. The second kappa shape index (κ2) is 27.4. The summed E-state index contributed by atoms with van der Waals surface area (Å²) < 4.78 is 67.5. The normalized spacial score (nSPS) is 21.4. The molecule has 8 aromatic rings. The van der Waals surface area contributed by atoms with Crippen LogP contribution < -0.4 is 9.47 Å². The zero-order valence-electron chi connectivity index (χ0n) is 54.9. The number of ether oxygens (including phenoxy) is 12. The van der Waals surface area contributed by atoms with Crippen molar-refractivity contribution >= 4 is 47.8 Å². The minimum atomic E-state index is -2.93. The van der Waals surface area contributed by atoms with Gasteiger partial charge in [0.15, 0.2) is 153 Å². The largest absolute Gasteiger partial charge is 0.504 e. The van der Waals surface area contributed by atoms with E-state index in [4.69, 9.17) is 56.8 Å². The van der Waals surface area contributed by atoms with Gasteiger partial charge in [-0.25, -0.2) is 38.4 Å². The van der Waals surface area contributed by atoms with Gasteiger partial charge in [-0.2, -0.15) is 0 Å². The van der Waals surface area contributed by atoms with Gasteiger partial charge in [-0.1, -0.05) is 0 Å². The van der Waals surface area contributed by atoms with E-state index in [-0.39, 0.29) is 36.4 Å². The van der Waals surface area contributed by atoms with Crippen LogP contribution in [0.3, 0.4) is 0 Å². The highest BCUT2D eigenvalue weighted by Crippen LogP contribution is 2.59. The van der Waals surface area contributed by atoms with Crippen molar-refractivity contribution in [1.82, 2.24) is 0 Å². The summed E-state index contributed by atoms with van der Waals surface area (Å²) in [7, 11) is 0. The molecule has 0 aliphatic carbocycles. The molecule has 8 aromatic carbocycles. The molecule has 0 amide bonds. The quantitative estimate of drug-likeness (QED) is 0.0682. The second-order valence-electron chi connectivity index (χ2n) is 24.4. The number of hydrogen-bond acceptors (Lipinski definition) is 44. The zero-order valence-corrected chi connectivity index (χ0v) is 54.9. The second-order valence-corrected chi connectivity index (χ2v) is 24.4. The first kappa shape index (κ1) is 74.8. The predicted octanol–water partition coefficient (Wildman–Crippen LogP) is 2.17. The van der Waals surface area contributed by atoms with E-state index in [0.717, 1.165) is 0 Å². The fraction of sp³-hybridized carbons (Fsp3) is 0.176. The maximum atomic E-state index is 15.1. The highest BCUT2D eigenvalue weighted by atomic mass is 16.7. The van der Waals surface area contributed by atoms with Gasteiger partial charge in [-0.05, 0) is 36.4 Å². The molecule has 14 rings (SSSR count). The lowest BCUT2D eigenvalue weighted by molar-refractivity contribution is -0.284. The molecule has 584 valence electrons. The molecule has 6 aliphatic rings. The van der Waals surface area contributed by atoms with Crippen molar-refractivity contribution in [3.63, 3.8) is 0 Å². The lowest BCUT2D eigenvalue weighted by Crippen LogP contribution is -2.62. The van der Waals surface area contributed by atoms with Crippen molar-refractivity contribution in [2.75, 3.05) is 13.2 Å². The lowest BCUT2D eigenvalue weighted by Gasteiger charge is -2.42. The highest BCUT2D eigenvalue weighted by molar-refractivity contribution is 6.10. The maximum absolute atomic E-state index is 15.1. The van der Waals surface area contributed by atoms with Gasteiger partial charge in [-0.3, -0.25) is 0 Å². The Hall–Kier alpha value is -15.4. The molecule has 0 saturated carbocycles. The molecule has 44 heteroatoms. The topological polar surface area (TPSA) is 733 Å². The van der Waals surface area contributed by atoms with E-state index in [0.29, 0.717) is 24.3 Å². The molecule has 24 N–H and O–H groups in total. The van der Waals surface area contributed by atoms with Crippen LogP contribution in [0.1, 0.15) is 82.9 Å². The number of phenolic OH excluding ortho intramolecular Hbond substituents is 22. The average Bonchev–Trinajstić information content (AvgIpc) is 1.18. The Kier molecular flexibility index (Phi) is 18.3. The minimum absolute atomic E-state index is 0.168. The first-order valence-electron chi connectivity index (χ1n) is 31.2. The molecule has 0 aromatic heterocycles. The van der Waals surface area contributed by atoms with E-state index >= 15 is 19.2 Å². The summed E-state index contributed by atoms with van der Waals surface area (Å²) in [4.78, 5) is 119. The third kappa shape index (κ3) is 12.4. The molecule has 0 unspecified atom stereocenters. The van der Waals surface area contributed by atoms with E-state index in [1.807, 2.05) is 0 Å². The summed E-state index contributed by atoms with van der Waals surface area (Å²) in [5.41, 5.74) is -15.9. The molecular weight excluding hydrogens is 1520 g/mol. The first-order valence-corrected chi connectivity index (χ1v) is 31.2. The number of aromatic hydroxyl groups is 22. The Bertz CT molecular complexity index is 5090. The van der Waals surface area contributed by atoms with Crippen molar-refractivity contribution < 1.29 is 218 Å². The number of carbonyl (C=O) groups excluding carboxylic acids is 8. The van der Waals surface area contributed by atoms with Crippen LogP contribution in [0.25, 0.3) is 22.3 Å². The van der Waals surface area contributed by atoms with Crippen molar-refractivity contribution in [3.8, 4) is 172 Å². The fourth-order valence-electron chi connectivity index (χ4n) is 12.3. The van der Waals surface area contributed by atoms with Crippen LogP contribution in [0.2, 0.25) is 0 Å². The molecule has 2 saturated heterocycles. The average molecular weight is 1570 g/mol. The van der Waals surface area contributed by atoms with Crippen LogP contribution in [0.15, 0.2) is 60.7 Å². The summed E-state index contributed by atoms with van der Waals surface area (Å²) in [6.45, 7) is -3.04. The number of rotatable bonds is 4. The Morgan fingerprint density at radius 3 is 0.875 bits per heavy atom. The van der Waals surface area contributed by atoms with Crippen molar-refractivity contribution in [2.24, 2.45) is 0 Å². The number of aliphatic hydroxyl groups excluding tert-OH is 2. The summed E-state index contributed by atoms with van der Waals surface area (Å²) >= 11 is 0. The van der Waals surface area contributed by atoms with Crippen molar-refractivity contribution in [2.45, 2.75) is 61.4 Å². The number of fused-ring (bicyclic) bond motifs is 7. The van der Waals surface area contributed by atoms with Crippen LogP contribution in [-0.4, -0.2) is 245 Å². The molecule has 112 heavy (non-hydrogen) atoms. The van der Waals surface area contributed by atoms with E-state index < -0.39 is 339 Å². The summed E-state index contributed by atoms with van der Waals surface area (Å²) in [6.07, 6.45) is -27.5.